The van der Waals surface area contributed by atoms with Gasteiger partial charge in [-0.05, 0) is 19.1 Å². The highest BCUT2D eigenvalue weighted by Crippen LogP contribution is 2.16. The zero-order valence-electron chi connectivity index (χ0n) is 9.14. The number of nitrogens with zero attached hydrogens (tertiary/aromatic N) is 1. The Bertz CT molecular complexity index is 401. The number of alkyl halides is 2. The molecule has 0 spiro atoms. The van der Waals surface area contributed by atoms with E-state index in [0.29, 0.717) is 12.4 Å². The van der Waals surface area contributed by atoms with E-state index in [9.17, 15) is 13.6 Å². The SMILES string of the molecule is CCNc1ccc(Cl)c(C(=O)NCC(F)F)n1. The van der Waals surface area contributed by atoms with Crippen molar-refractivity contribution in [1.29, 1.82) is 0 Å². The van der Waals surface area contributed by atoms with Crippen LogP contribution < -0.4 is 10.6 Å². The maximum Gasteiger partial charge on any atom is 0.271 e. The standard InChI is InChI=1S/C10H12ClF2N3O/c1-2-14-8-4-3-6(11)9(16-8)10(17)15-5-7(12)13/h3-4,7H,2,5H2,1H3,(H,14,16)(H,15,17). The molecule has 0 saturated carbocycles. The second-order valence-electron chi connectivity index (χ2n) is 3.16. The minimum Gasteiger partial charge on any atom is -0.370 e. The van der Waals surface area contributed by atoms with Crippen molar-refractivity contribution in [3.8, 4) is 0 Å². The van der Waals surface area contributed by atoms with Crippen molar-refractivity contribution >= 4 is 23.3 Å². The highest BCUT2D eigenvalue weighted by atomic mass is 35.5. The normalized spacial score (nSPS) is 10.4. The second-order valence-corrected chi connectivity index (χ2v) is 3.57. The number of rotatable bonds is 5. The van der Waals surface area contributed by atoms with Gasteiger partial charge < -0.3 is 10.6 Å². The summed E-state index contributed by atoms with van der Waals surface area (Å²) in [4.78, 5) is 15.4. The third-order valence-electron chi connectivity index (χ3n) is 1.84. The first-order chi connectivity index (χ1) is 8.04. The number of amides is 1. The number of pyridine rings is 1. The van der Waals surface area contributed by atoms with Crippen molar-refractivity contribution in [1.82, 2.24) is 10.3 Å². The summed E-state index contributed by atoms with van der Waals surface area (Å²) in [6, 6.07) is 3.10. The zero-order chi connectivity index (χ0) is 12.8. The van der Waals surface area contributed by atoms with Gasteiger partial charge in [0.25, 0.3) is 12.3 Å². The van der Waals surface area contributed by atoms with E-state index in [1.54, 1.807) is 6.07 Å². The van der Waals surface area contributed by atoms with Gasteiger partial charge in [0.1, 0.15) is 11.5 Å². The summed E-state index contributed by atoms with van der Waals surface area (Å²) in [5.74, 6) is -0.242. The van der Waals surface area contributed by atoms with Crippen LogP contribution in [0, 0.1) is 0 Å². The van der Waals surface area contributed by atoms with Crippen LogP contribution in [0.1, 0.15) is 17.4 Å². The van der Waals surface area contributed by atoms with Crippen LogP contribution in [0.4, 0.5) is 14.6 Å². The summed E-state index contributed by atoms with van der Waals surface area (Å²) < 4.78 is 23.9. The molecular formula is C10H12ClF2N3O. The van der Waals surface area contributed by atoms with Crippen LogP contribution in [0.5, 0.6) is 0 Å². The maximum atomic E-state index is 11.9. The second kappa shape index (κ2) is 6.34. The minimum absolute atomic E-state index is 0.0641. The predicted octanol–water partition coefficient (Wildman–Crippen LogP) is 2.16. The largest absolute Gasteiger partial charge is 0.370 e. The van der Waals surface area contributed by atoms with Gasteiger partial charge in [-0.1, -0.05) is 11.6 Å². The lowest BCUT2D eigenvalue weighted by molar-refractivity contribution is 0.0887. The quantitative estimate of drug-likeness (QED) is 0.856. The Labute approximate surface area is 102 Å². The number of halogens is 3. The van der Waals surface area contributed by atoms with Gasteiger partial charge in [0.05, 0.1) is 11.6 Å². The van der Waals surface area contributed by atoms with Crippen molar-refractivity contribution in [2.45, 2.75) is 13.3 Å². The molecule has 0 radical (unpaired) electrons. The number of nitrogens with one attached hydrogen (secondary N) is 2. The molecule has 94 valence electrons. The number of aromatic nitrogens is 1. The highest BCUT2D eigenvalue weighted by Gasteiger charge is 2.14. The van der Waals surface area contributed by atoms with Gasteiger partial charge in [-0.25, -0.2) is 13.8 Å². The molecule has 7 heteroatoms. The highest BCUT2D eigenvalue weighted by molar-refractivity contribution is 6.33. The Morgan fingerprint density at radius 1 is 1.53 bits per heavy atom. The summed E-state index contributed by atoms with van der Waals surface area (Å²) >= 11 is 5.77. The number of hydrogen-bond donors (Lipinski definition) is 2. The van der Waals surface area contributed by atoms with E-state index in [0.717, 1.165) is 0 Å². The molecule has 1 heterocycles. The number of carbonyl (C=O) groups excluding carboxylic acids is 1. The van der Waals surface area contributed by atoms with Crippen LogP contribution in [0.2, 0.25) is 5.02 Å². The first-order valence-corrected chi connectivity index (χ1v) is 5.39. The van der Waals surface area contributed by atoms with Crippen LogP contribution in [0.15, 0.2) is 12.1 Å². The molecule has 1 aromatic heterocycles. The molecule has 0 bridgehead atoms. The van der Waals surface area contributed by atoms with Gasteiger partial charge >= 0.3 is 0 Å². The number of anilines is 1. The topological polar surface area (TPSA) is 54.0 Å². The van der Waals surface area contributed by atoms with Gasteiger partial charge in [-0.2, -0.15) is 0 Å². The van der Waals surface area contributed by atoms with Crippen LogP contribution in [0.3, 0.4) is 0 Å². The molecule has 0 aliphatic heterocycles. The lowest BCUT2D eigenvalue weighted by Crippen LogP contribution is -2.29. The van der Waals surface area contributed by atoms with Crippen molar-refractivity contribution < 1.29 is 13.6 Å². The van der Waals surface area contributed by atoms with E-state index in [4.69, 9.17) is 11.6 Å². The molecule has 0 aromatic carbocycles. The molecule has 0 atom stereocenters. The predicted molar refractivity (Wildman–Crippen MR) is 61.7 cm³/mol. The molecule has 4 nitrogen and oxygen atoms in total. The molecular weight excluding hydrogens is 252 g/mol. The molecule has 1 rings (SSSR count). The summed E-state index contributed by atoms with van der Waals surface area (Å²) in [5, 5.41) is 5.07. The van der Waals surface area contributed by atoms with E-state index < -0.39 is 18.9 Å². The smallest absolute Gasteiger partial charge is 0.271 e. The van der Waals surface area contributed by atoms with Gasteiger partial charge in [0, 0.05) is 6.54 Å². The van der Waals surface area contributed by atoms with E-state index in [2.05, 4.69) is 10.3 Å². The van der Waals surface area contributed by atoms with Gasteiger partial charge in [0.2, 0.25) is 0 Å². The third kappa shape index (κ3) is 4.14. The van der Waals surface area contributed by atoms with Crippen molar-refractivity contribution in [2.75, 3.05) is 18.4 Å². The van der Waals surface area contributed by atoms with Gasteiger partial charge in [-0.15, -0.1) is 0 Å². The Balaban J connectivity index is 2.80. The molecule has 0 aliphatic rings. The van der Waals surface area contributed by atoms with E-state index in [1.165, 1.54) is 6.07 Å². The molecule has 17 heavy (non-hydrogen) atoms. The van der Waals surface area contributed by atoms with E-state index in [1.807, 2.05) is 12.2 Å². The summed E-state index contributed by atoms with van der Waals surface area (Å²) in [5.41, 5.74) is -0.0641. The summed E-state index contributed by atoms with van der Waals surface area (Å²) in [6.07, 6.45) is -2.60. The molecule has 0 fully saturated rings. The van der Waals surface area contributed by atoms with Crippen LogP contribution in [-0.2, 0) is 0 Å². The van der Waals surface area contributed by atoms with Gasteiger partial charge in [0.15, 0.2) is 0 Å². The number of hydrogen-bond acceptors (Lipinski definition) is 3. The fraction of sp³-hybridized carbons (Fsp3) is 0.400. The van der Waals surface area contributed by atoms with Crippen LogP contribution in [-0.4, -0.2) is 30.4 Å². The monoisotopic (exact) mass is 263 g/mol. The first-order valence-electron chi connectivity index (χ1n) is 5.01. The summed E-state index contributed by atoms with van der Waals surface area (Å²) in [6.45, 7) is 1.78. The fourth-order valence-electron chi connectivity index (χ4n) is 1.13. The average Bonchev–Trinajstić information content (AvgIpc) is 2.29. The van der Waals surface area contributed by atoms with Crippen LogP contribution in [0.25, 0.3) is 0 Å². The Morgan fingerprint density at radius 3 is 2.82 bits per heavy atom. The fourth-order valence-corrected chi connectivity index (χ4v) is 1.33. The molecule has 1 amide bonds. The molecule has 0 aliphatic carbocycles. The molecule has 2 N–H and O–H groups in total. The number of carbonyl (C=O) groups is 1. The molecule has 0 unspecified atom stereocenters. The van der Waals surface area contributed by atoms with E-state index >= 15 is 0 Å². The minimum atomic E-state index is -2.60. The molecule has 0 saturated heterocycles. The lowest BCUT2D eigenvalue weighted by atomic mass is 10.3. The van der Waals surface area contributed by atoms with Crippen molar-refractivity contribution in [3.63, 3.8) is 0 Å². The van der Waals surface area contributed by atoms with Crippen molar-refractivity contribution in [2.24, 2.45) is 0 Å². The average molecular weight is 264 g/mol. The Kier molecular flexibility index (Phi) is 5.09. The Morgan fingerprint density at radius 2 is 2.24 bits per heavy atom. The summed E-state index contributed by atoms with van der Waals surface area (Å²) in [7, 11) is 0. The van der Waals surface area contributed by atoms with Crippen molar-refractivity contribution in [3.05, 3.63) is 22.8 Å². The molecule has 1 aromatic rings. The zero-order valence-corrected chi connectivity index (χ0v) is 9.89. The Hall–Kier alpha value is -1.43. The lowest BCUT2D eigenvalue weighted by Gasteiger charge is -2.08. The van der Waals surface area contributed by atoms with E-state index in [-0.39, 0.29) is 10.7 Å². The van der Waals surface area contributed by atoms with Gasteiger partial charge in [-0.3, -0.25) is 4.79 Å². The maximum absolute atomic E-state index is 11.9. The first kappa shape index (κ1) is 13.6. The van der Waals surface area contributed by atoms with Crippen LogP contribution >= 0.6 is 11.6 Å². The third-order valence-corrected chi connectivity index (χ3v) is 2.14.